The monoisotopic (exact) mass is 373 g/mol. The minimum Gasteiger partial charge on any atom is -0.462 e. The van der Waals surface area contributed by atoms with Crippen molar-refractivity contribution in [2.75, 3.05) is 6.61 Å². The Hall–Kier alpha value is -2.23. The molecule has 0 aliphatic heterocycles. The lowest BCUT2D eigenvalue weighted by Gasteiger charge is -2.13. The molecule has 0 spiro atoms. The number of carbonyl (C=O) groups excluding carboxylic acids is 1. The van der Waals surface area contributed by atoms with Gasteiger partial charge in [0, 0.05) is 22.0 Å². The van der Waals surface area contributed by atoms with Crippen molar-refractivity contribution in [1.82, 2.24) is 4.57 Å². The Morgan fingerprint density at radius 2 is 1.80 bits per heavy atom. The highest BCUT2D eigenvalue weighted by Crippen LogP contribution is 2.35. The number of rotatable bonds is 4. The zero-order valence-electron chi connectivity index (χ0n) is 13.9. The molecule has 1 heterocycles. The van der Waals surface area contributed by atoms with E-state index in [9.17, 15) is 4.79 Å². The Balaban J connectivity index is 2.26. The second-order valence-corrected chi connectivity index (χ2v) is 6.39. The maximum atomic E-state index is 12.3. The van der Waals surface area contributed by atoms with Crippen LogP contribution in [0.5, 0.6) is 0 Å². The fraction of sp³-hybridized carbons (Fsp3) is 0.150. The van der Waals surface area contributed by atoms with Crippen LogP contribution in [-0.2, 0) is 4.74 Å². The lowest BCUT2D eigenvalue weighted by Crippen LogP contribution is -2.06. The minimum atomic E-state index is -0.346. The van der Waals surface area contributed by atoms with Gasteiger partial charge in [-0.3, -0.25) is 0 Å². The molecular formula is C20H17Cl2NO2. The van der Waals surface area contributed by atoms with Crippen LogP contribution in [0.4, 0.5) is 0 Å². The van der Waals surface area contributed by atoms with Crippen LogP contribution in [0.25, 0.3) is 16.9 Å². The molecule has 0 fully saturated rings. The van der Waals surface area contributed by atoms with Gasteiger partial charge in [0.25, 0.3) is 0 Å². The highest BCUT2D eigenvalue weighted by atomic mass is 35.5. The average Bonchev–Trinajstić information content (AvgIpc) is 2.93. The number of hydrogen-bond donors (Lipinski definition) is 0. The largest absolute Gasteiger partial charge is 0.462 e. The van der Waals surface area contributed by atoms with Crippen LogP contribution in [0, 0.1) is 6.92 Å². The number of benzene rings is 2. The van der Waals surface area contributed by atoms with Crippen molar-refractivity contribution in [3.63, 3.8) is 0 Å². The fourth-order valence-electron chi connectivity index (χ4n) is 2.83. The second kappa shape index (κ2) is 7.34. The summed E-state index contributed by atoms with van der Waals surface area (Å²) in [6, 6.07) is 17.0. The van der Waals surface area contributed by atoms with Crippen molar-refractivity contribution in [2.24, 2.45) is 0 Å². The molecule has 25 heavy (non-hydrogen) atoms. The van der Waals surface area contributed by atoms with Gasteiger partial charge in [0.05, 0.1) is 22.9 Å². The van der Waals surface area contributed by atoms with Crippen molar-refractivity contribution in [3.05, 3.63) is 75.9 Å². The predicted molar refractivity (Wildman–Crippen MR) is 102 cm³/mol. The Kier molecular flexibility index (Phi) is 5.16. The summed E-state index contributed by atoms with van der Waals surface area (Å²) in [5.74, 6) is -0.346. The van der Waals surface area contributed by atoms with Gasteiger partial charge >= 0.3 is 5.97 Å². The van der Waals surface area contributed by atoms with E-state index in [4.69, 9.17) is 27.9 Å². The first kappa shape index (κ1) is 17.6. The summed E-state index contributed by atoms with van der Waals surface area (Å²) in [5, 5.41) is 1.09. The molecule has 5 heteroatoms. The predicted octanol–water partition coefficient (Wildman–Crippen LogP) is 5.94. The molecular weight excluding hydrogens is 357 g/mol. The third kappa shape index (κ3) is 3.44. The molecule has 0 aliphatic rings. The van der Waals surface area contributed by atoms with Crippen LogP contribution in [-0.4, -0.2) is 17.1 Å². The first-order valence-electron chi connectivity index (χ1n) is 7.93. The van der Waals surface area contributed by atoms with Crippen LogP contribution in [0.2, 0.25) is 10.0 Å². The summed E-state index contributed by atoms with van der Waals surface area (Å²) < 4.78 is 7.19. The van der Waals surface area contributed by atoms with Gasteiger partial charge in [-0.15, -0.1) is 0 Å². The molecule has 0 aliphatic carbocycles. The van der Waals surface area contributed by atoms with Crippen molar-refractivity contribution in [3.8, 4) is 16.9 Å². The molecule has 1 aromatic heterocycles. The third-order valence-electron chi connectivity index (χ3n) is 3.96. The van der Waals surface area contributed by atoms with E-state index < -0.39 is 0 Å². The van der Waals surface area contributed by atoms with E-state index >= 15 is 0 Å². The maximum absolute atomic E-state index is 12.3. The number of esters is 1. The van der Waals surface area contributed by atoms with Gasteiger partial charge in [-0.05, 0) is 50.2 Å². The molecule has 0 saturated heterocycles. The Bertz CT molecular complexity index is 917. The van der Waals surface area contributed by atoms with Crippen molar-refractivity contribution >= 4 is 29.2 Å². The quantitative estimate of drug-likeness (QED) is 0.530. The number of carbonyl (C=O) groups is 1. The van der Waals surface area contributed by atoms with Crippen LogP contribution in [0.1, 0.15) is 23.0 Å². The molecule has 2 aromatic carbocycles. The summed E-state index contributed by atoms with van der Waals surface area (Å²) in [6.07, 6.45) is 0. The Morgan fingerprint density at radius 1 is 1.08 bits per heavy atom. The molecule has 0 atom stereocenters. The second-order valence-electron chi connectivity index (χ2n) is 5.54. The van der Waals surface area contributed by atoms with Gasteiger partial charge < -0.3 is 9.30 Å². The summed E-state index contributed by atoms with van der Waals surface area (Å²) in [5.41, 5.74) is 3.87. The van der Waals surface area contributed by atoms with E-state index in [0.29, 0.717) is 22.2 Å². The molecule has 0 amide bonds. The van der Waals surface area contributed by atoms with Gasteiger partial charge in [0.1, 0.15) is 0 Å². The number of halogens is 2. The minimum absolute atomic E-state index is 0.325. The third-order valence-corrected chi connectivity index (χ3v) is 4.51. The zero-order valence-corrected chi connectivity index (χ0v) is 15.4. The van der Waals surface area contributed by atoms with Crippen LogP contribution in [0.3, 0.4) is 0 Å². The summed E-state index contributed by atoms with van der Waals surface area (Å²) in [6.45, 7) is 4.01. The molecule has 0 bridgehead atoms. The van der Waals surface area contributed by atoms with E-state index in [1.54, 1.807) is 19.1 Å². The van der Waals surface area contributed by atoms with Crippen LogP contribution >= 0.6 is 23.2 Å². The van der Waals surface area contributed by atoms with Crippen molar-refractivity contribution < 1.29 is 9.53 Å². The number of hydrogen-bond acceptors (Lipinski definition) is 2. The standard InChI is InChI=1S/C20H17Cl2NO2/c1-3-25-20(24)17-12-19(16-10-9-14(21)11-18(16)22)23(13(17)2)15-7-5-4-6-8-15/h4-12H,3H2,1-2H3. The molecule has 0 radical (unpaired) electrons. The van der Waals surface area contributed by atoms with Gasteiger partial charge in [0.2, 0.25) is 0 Å². The average molecular weight is 374 g/mol. The summed E-state index contributed by atoms with van der Waals surface area (Å²) in [7, 11) is 0. The topological polar surface area (TPSA) is 31.2 Å². The summed E-state index contributed by atoms with van der Waals surface area (Å²) in [4.78, 5) is 12.3. The molecule has 3 aromatic rings. The number of ether oxygens (including phenoxy) is 1. The molecule has 0 unspecified atom stereocenters. The molecule has 0 saturated carbocycles. The first-order chi connectivity index (χ1) is 12.0. The first-order valence-corrected chi connectivity index (χ1v) is 8.68. The van der Waals surface area contributed by atoms with E-state index in [0.717, 1.165) is 22.6 Å². The van der Waals surface area contributed by atoms with Gasteiger partial charge in [-0.2, -0.15) is 0 Å². The Labute approximate surface area is 156 Å². The normalized spacial score (nSPS) is 10.7. The maximum Gasteiger partial charge on any atom is 0.339 e. The van der Waals surface area contributed by atoms with E-state index in [-0.39, 0.29) is 5.97 Å². The zero-order chi connectivity index (χ0) is 18.0. The highest BCUT2D eigenvalue weighted by Gasteiger charge is 2.21. The fourth-order valence-corrected chi connectivity index (χ4v) is 3.33. The SMILES string of the molecule is CCOC(=O)c1cc(-c2ccc(Cl)cc2Cl)n(-c2ccccc2)c1C. The molecule has 128 valence electrons. The molecule has 3 nitrogen and oxygen atoms in total. The molecule has 3 rings (SSSR count). The highest BCUT2D eigenvalue weighted by molar-refractivity contribution is 6.36. The number of nitrogens with zero attached hydrogens (tertiary/aromatic N) is 1. The van der Waals surface area contributed by atoms with Gasteiger partial charge in [0.15, 0.2) is 0 Å². The van der Waals surface area contributed by atoms with E-state index in [1.165, 1.54) is 0 Å². The lowest BCUT2D eigenvalue weighted by molar-refractivity contribution is 0.0525. The Morgan fingerprint density at radius 3 is 2.44 bits per heavy atom. The van der Waals surface area contributed by atoms with Crippen molar-refractivity contribution in [2.45, 2.75) is 13.8 Å². The van der Waals surface area contributed by atoms with Crippen LogP contribution in [0.15, 0.2) is 54.6 Å². The lowest BCUT2D eigenvalue weighted by atomic mass is 10.1. The van der Waals surface area contributed by atoms with E-state index in [1.807, 2.05) is 54.0 Å². The van der Waals surface area contributed by atoms with Crippen molar-refractivity contribution in [1.29, 1.82) is 0 Å². The smallest absolute Gasteiger partial charge is 0.339 e. The van der Waals surface area contributed by atoms with Gasteiger partial charge in [-0.25, -0.2) is 4.79 Å². The molecule has 0 N–H and O–H groups in total. The summed E-state index contributed by atoms with van der Waals surface area (Å²) >= 11 is 12.4. The van der Waals surface area contributed by atoms with Crippen LogP contribution < -0.4 is 0 Å². The van der Waals surface area contributed by atoms with Gasteiger partial charge in [-0.1, -0.05) is 41.4 Å². The number of aromatic nitrogens is 1. The van der Waals surface area contributed by atoms with E-state index in [2.05, 4.69) is 0 Å². The number of para-hydroxylation sites is 1.